The Hall–Kier alpha value is -3.11. The number of amidine groups is 1. The topological polar surface area (TPSA) is 23.9 Å². The molecule has 2 aromatic heterocycles. The van der Waals surface area contributed by atoms with Crippen LogP contribution in [0.2, 0.25) is 5.02 Å². The Morgan fingerprint density at radius 1 is 0.964 bits per heavy atom. The maximum absolute atomic E-state index is 6.33. The maximum atomic E-state index is 6.33. The van der Waals surface area contributed by atoms with E-state index in [9.17, 15) is 0 Å². The summed E-state index contributed by atoms with van der Waals surface area (Å²) in [6, 6.07) is 24.4. The lowest BCUT2D eigenvalue weighted by Crippen LogP contribution is -2.31. The molecule has 0 saturated carbocycles. The predicted octanol–water partition coefficient (Wildman–Crippen LogP) is 4.72. The molecule has 4 nitrogen and oxygen atoms in total. The van der Waals surface area contributed by atoms with Crippen LogP contribution in [0.3, 0.4) is 0 Å². The summed E-state index contributed by atoms with van der Waals surface area (Å²) >= 11 is 6.33. The number of rotatable bonds is 3. The molecule has 0 atom stereocenters. The summed E-state index contributed by atoms with van der Waals surface area (Å²) in [5.41, 5.74) is 3.15. The number of benzene rings is 2. The van der Waals surface area contributed by atoms with Gasteiger partial charge in [-0.2, -0.15) is 0 Å². The fourth-order valence-corrected chi connectivity index (χ4v) is 3.59. The van der Waals surface area contributed by atoms with Crippen LogP contribution in [0, 0.1) is 0 Å². The highest BCUT2D eigenvalue weighted by atomic mass is 35.5. The number of aliphatic imine (C=N–C) groups is 1. The van der Waals surface area contributed by atoms with E-state index in [0.717, 1.165) is 34.1 Å². The predicted molar refractivity (Wildman–Crippen MR) is 115 cm³/mol. The minimum Gasteiger partial charge on any atom is -0.349 e. The first-order valence-corrected chi connectivity index (χ1v) is 9.50. The van der Waals surface area contributed by atoms with Crippen LogP contribution in [-0.2, 0) is 7.05 Å². The Morgan fingerprint density at radius 2 is 1.61 bits per heavy atom. The Morgan fingerprint density at radius 3 is 2.25 bits per heavy atom. The minimum atomic E-state index is 0.688. The van der Waals surface area contributed by atoms with Gasteiger partial charge in [0.1, 0.15) is 0 Å². The zero-order valence-corrected chi connectivity index (χ0v) is 16.9. The molecule has 2 aromatic carbocycles. The molecule has 0 saturated heterocycles. The van der Waals surface area contributed by atoms with Crippen LogP contribution in [0.5, 0.6) is 0 Å². The number of fused-ring (bicyclic) bond motifs is 1. The molecule has 0 radical (unpaired) electrons. The Balaban J connectivity index is 2.02. The van der Waals surface area contributed by atoms with E-state index in [1.54, 1.807) is 0 Å². The maximum Gasteiger partial charge on any atom is 0.304 e. The van der Waals surface area contributed by atoms with Crippen LogP contribution in [0.15, 0.2) is 84.0 Å². The van der Waals surface area contributed by atoms with Gasteiger partial charge in [-0.25, -0.2) is 8.97 Å². The minimum absolute atomic E-state index is 0.688. The van der Waals surface area contributed by atoms with Crippen molar-refractivity contribution in [2.75, 3.05) is 14.1 Å². The molecule has 0 spiro atoms. The molecule has 0 N–H and O–H groups in total. The molecule has 0 aliphatic carbocycles. The standard InChI is InChI=1S/C23H22ClN4/c1-26(2)21(17-10-6-4-7-11-17)25-22-20-16-19(24)14-15-28(20)23(27(22)3)18-12-8-5-9-13-18/h4-16H,1-3H3/q+1/b25-21-. The summed E-state index contributed by atoms with van der Waals surface area (Å²) < 4.78 is 4.26. The van der Waals surface area contributed by atoms with Crippen molar-refractivity contribution in [3.8, 4) is 11.4 Å². The van der Waals surface area contributed by atoms with Crippen molar-refractivity contribution in [3.05, 3.63) is 89.6 Å². The van der Waals surface area contributed by atoms with Crippen LogP contribution < -0.4 is 4.57 Å². The summed E-state index contributed by atoms with van der Waals surface area (Å²) in [5, 5.41) is 0.688. The van der Waals surface area contributed by atoms with Crippen LogP contribution >= 0.6 is 11.6 Å². The van der Waals surface area contributed by atoms with E-state index in [4.69, 9.17) is 16.6 Å². The lowest BCUT2D eigenvalue weighted by molar-refractivity contribution is -0.645. The third-order valence-electron chi connectivity index (χ3n) is 4.71. The summed E-state index contributed by atoms with van der Waals surface area (Å²) in [7, 11) is 6.06. The zero-order chi connectivity index (χ0) is 19.7. The van der Waals surface area contributed by atoms with Gasteiger partial charge in [0.2, 0.25) is 11.7 Å². The second kappa shape index (κ2) is 7.49. The third-order valence-corrected chi connectivity index (χ3v) is 4.94. The van der Waals surface area contributed by atoms with Crippen molar-refractivity contribution < 1.29 is 4.57 Å². The summed E-state index contributed by atoms with van der Waals surface area (Å²) in [5.74, 6) is 2.80. The van der Waals surface area contributed by atoms with Gasteiger partial charge in [-0.05, 0) is 30.3 Å². The summed E-state index contributed by atoms with van der Waals surface area (Å²) in [4.78, 5) is 7.10. The SMILES string of the molecule is CN(C)/C(=N\c1c2cc(Cl)ccn2c(-c2ccccc2)[n+]1C)c1ccccc1. The average Bonchev–Trinajstić information content (AvgIpc) is 2.97. The van der Waals surface area contributed by atoms with Gasteiger partial charge in [0.25, 0.3) is 0 Å². The Kier molecular flexibility index (Phi) is 4.88. The highest BCUT2D eigenvalue weighted by Gasteiger charge is 2.25. The summed E-state index contributed by atoms with van der Waals surface area (Å²) in [6.45, 7) is 0. The van der Waals surface area contributed by atoms with E-state index >= 15 is 0 Å². The zero-order valence-electron chi connectivity index (χ0n) is 16.2. The molecule has 0 bridgehead atoms. The molecule has 28 heavy (non-hydrogen) atoms. The highest BCUT2D eigenvalue weighted by molar-refractivity contribution is 6.31. The molecule has 4 rings (SSSR count). The molecular formula is C23H22ClN4+. The molecule has 0 aliphatic heterocycles. The van der Waals surface area contributed by atoms with Gasteiger partial charge in [-0.15, -0.1) is 0 Å². The number of hydrogen-bond acceptors (Lipinski definition) is 1. The van der Waals surface area contributed by atoms with E-state index in [1.165, 1.54) is 0 Å². The number of halogens is 1. The smallest absolute Gasteiger partial charge is 0.304 e. The first-order chi connectivity index (χ1) is 13.6. The molecule has 5 heteroatoms. The van der Waals surface area contributed by atoms with E-state index in [-0.39, 0.29) is 0 Å². The Labute approximate surface area is 170 Å². The number of pyridine rings is 1. The fourth-order valence-electron chi connectivity index (χ4n) is 3.43. The molecule has 0 fully saturated rings. The second-order valence-corrected chi connectivity index (χ2v) is 7.30. The van der Waals surface area contributed by atoms with Crippen molar-refractivity contribution in [3.63, 3.8) is 0 Å². The second-order valence-electron chi connectivity index (χ2n) is 6.87. The molecular weight excluding hydrogens is 368 g/mol. The van der Waals surface area contributed by atoms with E-state index in [2.05, 4.69) is 33.2 Å². The van der Waals surface area contributed by atoms with Crippen LogP contribution in [0.4, 0.5) is 5.82 Å². The molecule has 0 amide bonds. The number of imidazole rings is 1. The largest absolute Gasteiger partial charge is 0.349 e. The van der Waals surface area contributed by atoms with Crippen molar-refractivity contribution in [1.29, 1.82) is 0 Å². The first kappa shape index (κ1) is 18.3. The molecule has 4 aromatic rings. The van der Waals surface area contributed by atoms with E-state index < -0.39 is 0 Å². The van der Waals surface area contributed by atoms with E-state index in [0.29, 0.717) is 5.02 Å². The molecule has 0 aliphatic rings. The van der Waals surface area contributed by atoms with Gasteiger partial charge in [0, 0.05) is 36.3 Å². The van der Waals surface area contributed by atoms with Crippen molar-refractivity contribution in [2.24, 2.45) is 12.0 Å². The first-order valence-electron chi connectivity index (χ1n) is 9.12. The van der Waals surface area contributed by atoms with Gasteiger partial charge < -0.3 is 4.90 Å². The average molecular weight is 390 g/mol. The monoisotopic (exact) mass is 389 g/mol. The van der Waals surface area contributed by atoms with Crippen LogP contribution in [0.1, 0.15) is 5.56 Å². The van der Waals surface area contributed by atoms with Crippen molar-refractivity contribution in [1.82, 2.24) is 9.30 Å². The number of aromatic nitrogens is 2. The third kappa shape index (κ3) is 3.27. The van der Waals surface area contributed by atoms with Gasteiger partial charge in [-0.1, -0.05) is 53.0 Å². The molecule has 2 heterocycles. The summed E-state index contributed by atoms with van der Waals surface area (Å²) in [6.07, 6.45) is 2.00. The van der Waals surface area contributed by atoms with Gasteiger partial charge in [0.05, 0.1) is 13.2 Å². The van der Waals surface area contributed by atoms with Gasteiger partial charge >= 0.3 is 5.82 Å². The van der Waals surface area contributed by atoms with Crippen LogP contribution in [0.25, 0.3) is 16.9 Å². The van der Waals surface area contributed by atoms with Crippen molar-refractivity contribution in [2.45, 2.75) is 0 Å². The van der Waals surface area contributed by atoms with Crippen LogP contribution in [-0.4, -0.2) is 29.2 Å². The molecule has 140 valence electrons. The lowest BCUT2D eigenvalue weighted by Gasteiger charge is -2.12. The fraction of sp³-hybridized carbons (Fsp3) is 0.130. The molecule has 0 unspecified atom stereocenters. The Bertz CT molecular complexity index is 1150. The van der Waals surface area contributed by atoms with Gasteiger partial charge in [0.15, 0.2) is 5.52 Å². The lowest BCUT2D eigenvalue weighted by atomic mass is 10.2. The normalized spacial score (nSPS) is 11.8. The van der Waals surface area contributed by atoms with E-state index in [1.807, 2.05) is 80.8 Å². The van der Waals surface area contributed by atoms with Crippen molar-refractivity contribution >= 4 is 28.8 Å². The number of nitrogens with zero attached hydrogens (tertiary/aromatic N) is 4. The van der Waals surface area contributed by atoms with Gasteiger partial charge in [-0.3, -0.25) is 0 Å². The quantitative estimate of drug-likeness (QED) is 0.282. The number of hydrogen-bond donors (Lipinski definition) is 0. The highest BCUT2D eigenvalue weighted by Crippen LogP contribution is 2.28.